The number of likely N-dealkylation sites (tertiary alicyclic amines) is 1. The molecule has 0 amide bonds. The molecule has 1 aliphatic heterocycles. The van der Waals surface area contributed by atoms with Crippen LogP contribution in [0.3, 0.4) is 0 Å². The molecule has 1 aromatic heterocycles. The largest absolute Gasteiger partial charge is 0.496 e. The lowest BCUT2D eigenvalue weighted by Crippen LogP contribution is -2.36. The predicted molar refractivity (Wildman–Crippen MR) is 88.2 cm³/mol. The van der Waals surface area contributed by atoms with E-state index in [1.807, 2.05) is 29.9 Å². The summed E-state index contributed by atoms with van der Waals surface area (Å²) in [5.41, 5.74) is 3.02. The first-order valence-electron chi connectivity index (χ1n) is 7.68. The normalized spacial score (nSPS) is 16.8. The number of para-hydroxylation sites is 1. The number of benzene rings is 1. The van der Waals surface area contributed by atoms with Crippen molar-refractivity contribution in [2.75, 3.05) is 20.2 Å². The summed E-state index contributed by atoms with van der Waals surface area (Å²) in [6.45, 7) is 3.83. The second kappa shape index (κ2) is 7.72. The molecule has 1 fully saturated rings. The Morgan fingerprint density at radius 1 is 1.27 bits per heavy atom. The second-order valence-electron chi connectivity index (χ2n) is 5.57. The van der Waals surface area contributed by atoms with Gasteiger partial charge in [-0.05, 0) is 18.9 Å². The van der Waals surface area contributed by atoms with E-state index in [0.29, 0.717) is 12.7 Å². The summed E-state index contributed by atoms with van der Waals surface area (Å²) in [4.78, 5) is 7.96. The molecule has 0 bridgehead atoms. The highest BCUT2D eigenvalue weighted by Crippen LogP contribution is 2.22. The third-order valence-corrected chi connectivity index (χ3v) is 4.83. The van der Waals surface area contributed by atoms with Gasteiger partial charge in [0.1, 0.15) is 5.75 Å². The van der Waals surface area contributed by atoms with E-state index in [1.54, 1.807) is 18.4 Å². The zero-order valence-corrected chi connectivity index (χ0v) is 13.7. The van der Waals surface area contributed by atoms with Crippen LogP contribution >= 0.6 is 11.3 Å². The molecule has 0 aliphatic carbocycles. The molecule has 118 valence electrons. The SMILES string of the molecule is COc1ccccc1COC1CCN(Cc2cncs2)CC1. The van der Waals surface area contributed by atoms with Gasteiger partial charge in [-0.15, -0.1) is 11.3 Å². The van der Waals surface area contributed by atoms with Crippen LogP contribution < -0.4 is 4.74 Å². The molecule has 0 atom stereocenters. The first-order valence-corrected chi connectivity index (χ1v) is 8.56. The minimum atomic E-state index is 0.350. The van der Waals surface area contributed by atoms with Crippen LogP contribution in [0.2, 0.25) is 0 Å². The first kappa shape index (κ1) is 15.5. The quantitative estimate of drug-likeness (QED) is 0.818. The van der Waals surface area contributed by atoms with Crippen molar-refractivity contribution >= 4 is 11.3 Å². The molecule has 5 heteroatoms. The Hall–Kier alpha value is -1.43. The van der Waals surface area contributed by atoms with E-state index >= 15 is 0 Å². The summed E-state index contributed by atoms with van der Waals surface area (Å²) in [5, 5.41) is 0. The van der Waals surface area contributed by atoms with Gasteiger partial charge in [-0.1, -0.05) is 18.2 Å². The molecule has 4 nitrogen and oxygen atoms in total. The summed E-state index contributed by atoms with van der Waals surface area (Å²) in [5.74, 6) is 0.908. The van der Waals surface area contributed by atoms with Crippen molar-refractivity contribution in [2.24, 2.45) is 0 Å². The van der Waals surface area contributed by atoms with E-state index in [1.165, 1.54) is 4.88 Å². The molecule has 0 saturated carbocycles. The van der Waals surface area contributed by atoms with E-state index in [0.717, 1.165) is 43.8 Å². The van der Waals surface area contributed by atoms with Crippen LogP contribution in [0.25, 0.3) is 0 Å². The van der Waals surface area contributed by atoms with Crippen molar-refractivity contribution in [2.45, 2.75) is 32.1 Å². The van der Waals surface area contributed by atoms with Gasteiger partial charge in [-0.25, -0.2) is 0 Å². The second-order valence-corrected chi connectivity index (χ2v) is 6.54. The van der Waals surface area contributed by atoms with Crippen molar-refractivity contribution in [3.8, 4) is 5.75 Å². The van der Waals surface area contributed by atoms with Gasteiger partial charge >= 0.3 is 0 Å². The Labute approximate surface area is 135 Å². The van der Waals surface area contributed by atoms with Crippen molar-refractivity contribution < 1.29 is 9.47 Å². The maximum absolute atomic E-state index is 6.08. The van der Waals surface area contributed by atoms with E-state index in [-0.39, 0.29) is 0 Å². The lowest BCUT2D eigenvalue weighted by atomic mass is 10.1. The molecule has 0 spiro atoms. The Morgan fingerprint density at radius 3 is 2.82 bits per heavy atom. The fourth-order valence-electron chi connectivity index (χ4n) is 2.80. The van der Waals surface area contributed by atoms with Crippen LogP contribution in [0.15, 0.2) is 36.0 Å². The molecule has 1 aliphatic rings. The number of methoxy groups -OCH3 is 1. The van der Waals surface area contributed by atoms with Gasteiger partial charge in [0, 0.05) is 36.3 Å². The number of aromatic nitrogens is 1. The highest BCUT2D eigenvalue weighted by molar-refractivity contribution is 7.09. The number of rotatable bonds is 6. The van der Waals surface area contributed by atoms with Gasteiger partial charge in [0.25, 0.3) is 0 Å². The number of thiazole rings is 1. The summed E-state index contributed by atoms with van der Waals surface area (Å²) < 4.78 is 11.4. The van der Waals surface area contributed by atoms with Crippen molar-refractivity contribution in [3.05, 3.63) is 46.4 Å². The molecule has 0 N–H and O–H groups in total. The number of hydrogen-bond acceptors (Lipinski definition) is 5. The summed E-state index contributed by atoms with van der Waals surface area (Å²) in [7, 11) is 1.71. The summed E-state index contributed by atoms with van der Waals surface area (Å²) >= 11 is 1.73. The molecule has 22 heavy (non-hydrogen) atoms. The Morgan fingerprint density at radius 2 is 2.09 bits per heavy atom. The predicted octanol–water partition coefficient (Wildman–Crippen LogP) is 3.33. The molecule has 1 saturated heterocycles. The number of ether oxygens (including phenoxy) is 2. The van der Waals surface area contributed by atoms with Gasteiger partial charge < -0.3 is 9.47 Å². The van der Waals surface area contributed by atoms with Crippen LogP contribution in [-0.4, -0.2) is 36.2 Å². The van der Waals surface area contributed by atoms with Gasteiger partial charge in [-0.3, -0.25) is 9.88 Å². The first-order chi connectivity index (χ1) is 10.8. The monoisotopic (exact) mass is 318 g/mol. The third-order valence-electron chi connectivity index (χ3n) is 4.06. The van der Waals surface area contributed by atoms with Crippen LogP contribution in [0, 0.1) is 0 Å². The van der Waals surface area contributed by atoms with E-state index in [9.17, 15) is 0 Å². The van der Waals surface area contributed by atoms with Crippen molar-refractivity contribution in [1.29, 1.82) is 0 Å². The maximum Gasteiger partial charge on any atom is 0.124 e. The summed E-state index contributed by atoms with van der Waals surface area (Å²) in [6, 6.07) is 8.06. The minimum absolute atomic E-state index is 0.350. The zero-order chi connectivity index (χ0) is 15.2. The standard InChI is InChI=1S/C17H22N2O2S/c1-20-17-5-3-2-4-14(17)12-21-15-6-8-19(9-7-15)11-16-10-18-13-22-16/h2-5,10,13,15H,6-9,11-12H2,1H3. The van der Waals surface area contributed by atoms with E-state index < -0.39 is 0 Å². The molecule has 0 unspecified atom stereocenters. The van der Waals surface area contributed by atoms with Gasteiger partial charge in [0.05, 0.1) is 25.3 Å². The molecule has 0 radical (unpaired) electrons. The lowest BCUT2D eigenvalue weighted by molar-refractivity contribution is -0.00439. The van der Waals surface area contributed by atoms with Crippen LogP contribution in [0.1, 0.15) is 23.3 Å². The maximum atomic E-state index is 6.08. The minimum Gasteiger partial charge on any atom is -0.496 e. The van der Waals surface area contributed by atoms with E-state index in [4.69, 9.17) is 9.47 Å². The van der Waals surface area contributed by atoms with Crippen LogP contribution in [0.5, 0.6) is 5.75 Å². The number of hydrogen-bond donors (Lipinski definition) is 0. The molecular weight excluding hydrogens is 296 g/mol. The zero-order valence-electron chi connectivity index (χ0n) is 12.9. The number of nitrogens with zero attached hydrogens (tertiary/aromatic N) is 2. The summed E-state index contributed by atoms with van der Waals surface area (Å²) in [6.07, 6.45) is 4.50. The van der Waals surface area contributed by atoms with Crippen molar-refractivity contribution in [3.63, 3.8) is 0 Å². The Balaban J connectivity index is 1.44. The molecule has 2 aromatic rings. The van der Waals surface area contributed by atoms with Gasteiger partial charge in [0.2, 0.25) is 0 Å². The Bertz CT molecular complexity index is 566. The lowest BCUT2D eigenvalue weighted by Gasteiger charge is -2.31. The van der Waals surface area contributed by atoms with E-state index in [2.05, 4.69) is 16.0 Å². The molecular formula is C17H22N2O2S. The smallest absolute Gasteiger partial charge is 0.124 e. The molecule has 2 heterocycles. The molecule has 1 aromatic carbocycles. The van der Waals surface area contributed by atoms with Crippen LogP contribution in [-0.2, 0) is 17.9 Å². The van der Waals surface area contributed by atoms with Crippen LogP contribution in [0.4, 0.5) is 0 Å². The van der Waals surface area contributed by atoms with Gasteiger partial charge in [0.15, 0.2) is 0 Å². The Kier molecular flexibility index (Phi) is 5.43. The number of piperidine rings is 1. The van der Waals surface area contributed by atoms with Crippen molar-refractivity contribution in [1.82, 2.24) is 9.88 Å². The highest BCUT2D eigenvalue weighted by Gasteiger charge is 2.20. The average molecular weight is 318 g/mol. The molecule has 3 rings (SSSR count). The fourth-order valence-corrected chi connectivity index (χ4v) is 3.44. The topological polar surface area (TPSA) is 34.6 Å². The fraction of sp³-hybridized carbons (Fsp3) is 0.471. The van der Waals surface area contributed by atoms with Gasteiger partial charge in [-0.2, -0.15) is 0 Å². The average Bonchev–Trinajstić information content (AvgIpc) is 3.07. The highest BCUT2D eigenvalue weighted by atomic mass is 32.1. The third kappa shape index (κ3) is 4.06.